The summed E-state index contributed by atoms with van der Waals surface area (Å²) in [6.07, 6.45) is 1.72. The van der Waals surface area contributed by atoms with Gasteiger partial charge in [0.1, 0.15) is 24.6 Å². The molecule has 172 valence electrons. The molecule has 0 spiro atoms. The van der Waals surface area contributed by atoms with Crippen LogP contribution in [0.25, 0.3) is 0 Å². The maximum Gasteiger partial charge on any atom is 2.00 e. The molecule has 0 amide bonds. The molecule has 0 saturated heterocycles. The quantitative estimate of drug-likeness (QED) is 0.347. The Labute approximate surface area is 217 Å². The molecule has 2 aliphatic rings. The predicted octanol–water partition coefficient (Wildman–Crippen LogP) is -2.14. The van der Waals surface area contributed by atoms with Gasteiger partial charge in [0.15, 0.2) is 0 Å². The number of hydrogen-bond acceptors (Lipinski definition) is 5. The van der Waals surface area contributed by atoms with E-state index in [2.05, 4.69) is 24.3 Å². The van der Waals surface area contributed by atoms with Crippen LogP contribution in [0.1, 0.15) is 22.5 Å². The Morgan fingerprint density at radius 2 is 1.03 bits per heavy atom. The van der Waals surface area contributed by atoms with Gasteiger partial charge in [0, 0.05) is 0 Å². The summed E-state index contributed by atoms with van der Waals surface area (Å²) in [4.78, 5) is 14.2. The van der Waals surface area contributed by atoms with Gasteiger partial charge in [-0.2, -0.15) is 0 Å². The van der Waals surface area contributed by atoms with Gasteiger partial charge in [0.2, 0.25) is 11.8 Å². The van der Waals surface area contributed by atoms with E-state index in [1.54, 1.807) is 0 Å². The molecule has 1 aromatic heterocycles. The second kappa shape index (κ2) is 12.8. The normalized spacial score (nSPS) is 18.4. The van der Waals surface area contributed by atoms with Crippen LogP contribution in [-0.4, -0.2) is 42.1 Å². The number of pyridine rings is 1. The summed E-state index contributed by atoms with van der Waals surface area (Å²) >= 11 is 0. The fraction of sp³-hybridized carbons (Fsp3) is 0.240. The van der Waals surface area contributed by atoms with Crippen LogP contribution in [0.2, 0.25) is 0 Å². The number of aromatic nitrogens is 1. The molecule has 3 aromatic rings. The van der Waals surface area contributed by atoms with Crippen molar-refractivity contribution in [1.29, 1.82) is 0 Å². The summed E-state index contributed by atoms with van der Waals surface area (Å²) in [5.74, 6) is 1.19. The van der Waals surface area contributed by atoms with Crippen LogP contribution >= 0.6 is 0 Å². The smallest absolute Gasteiger partial charge is 1.00 e. The Bertz CT molecular complexity index is 999. The van der Waals surface area contributed by atoms with Crippen LogP contribution in [0.5, 0.6) is 0 Å². The molecule has 0 bridgehead atoms. The molecule has 0 N–H and O–H groups in total. The van der Waals surface area contributed by atoms with Crippen LogP contribution in [0.3, 0.4) is 0 Å². The first-order valence-corrected chi connectivity index (χ1v) is 10.3. The van der Waals surface area contributed by atoms with Crippen molar-refractivity contribution in [2.75, 3.05) is 13.2 Å². The molecule has 5 rings (SSSR count). The number of rotatable bonds is 6. The van der Waals surface area contributed by atoms with E-state index < -0.39 is 0 Å². The van der Waals surface area contributed by atoms with E-state index in [-0.39, 0.29) is 54.0 Å². The van der Waals surface area contributed by atoms with Crippen molar-refractivity contribution >= 4 is 11.8 Å². The fourth-order valence-corrected chi connectivity index (χ4v) is 3.77. The van der Waals surface area contributed by atoms with Gasteiger partial charge in [0.05, 0.1) is 12.1 Å². The molecule has 8 heteroatoms. The van der Waals surface area contributed by atoms with Crippen molar-refractivity contribution in [3.63, 3.8) is 0 Å². The number of halogens is 2. The van der Waals surface area contributed by atoms with Crippen LogP contribution in [0, 0.1) is 0 Å². The summed E-state index contributed by atoms with van der Waals surface area (Å²) < 4.78 is 11.7. The first kappa shape index (κ1) is 26.9. The molecule has 5 nitrogen and oxygen atoms in total. The maximum absolute atomic E-state index is 5.85. The largest absolute Gasteiger partial charge is 2.00 e. The van der Waals surface area contributed by atoms with Crippen molar-refractivity contribution < 1.29 is 51.4 Å². The number of benzene rings is 2. The second-order valence-electron chi connectivity index (χ2n) is 7.59. The number of nitrogens with zero attached hydrogens (tertiary/aromatic N) is 3. The number of aliphatic imine (C=N–C) groups is 2. The van der Waals surface area contributed by atoms with E-state index in [9.17, 15) is 0 Å². The Hall–Kier alpha value is -2.37. The summed E-state index contributed by atoms with van der Waals surface area (Å²) in [6.45, 7) is 1.15. The van der Waals surface area contributed by atoms with E-state index >= 15 is 0 Å². The molecule has 2 aliphatic heterocycles. The third-order valence-electron chi connectivity index (χ3n) is 5.24. The zero-order chi connectivity index (χ0) is 20.2. The van der Waals surface area contributed by atoms with E-state index in [1.165, 1.54) is 11.1 Å². The first-order valence-electron chi connectivity index (χ1n) is 10.3. The zero-order valence-corrected chi connectivity index (χ0v) is 20.4. The molecule has 0 fully saturated rings. The van der Waals surface area contributed by atoms with Gasteiger partial charge in [-0.1, -0.05) is 66.7 Å². The summed E-state index contributed by atoms with van der Waals surface area (Å²) in [5.41, 5.74) is 3.97. The molecule has 3 heterocycles. The summed E-state index contributed by atoms with van der Waals surface area (Å²) in [7, 11) is 0. The van der Waals surface area contributed by atoms with Crippen LogP contribution in [-0.2, 0) is 39.4 Å². The van der Waals surface area contributed by atoms with Gasteiger partial charge < -0.3 is 34.3 Å². The van der Waals surface area contributed by atoms with E-state index in [0.717, 1.165) is 24.2 Å². The third kappa shape index (κ3) is 6.81. The summed E-state index contributed by atoms with van der Waals surface area (Å²) in [6, 6.07) is 26.7. The Kier molecular flexibility index (Phi) is 10.4. The van der Waals surface area contributed by atoms with Gasteiger partial charge in [-0.3, -0.25) is 0 Å². The minimum atomic E-state index is 0. The molecular formula is C25H23Cl2FeN3O2. The standard InChI is InChI=1S/C25H23N3O2.2ClH.Fe/c1-3-8-18(9-4-1)14-20-16-29-24(26-20)22-12-7-13-23(28-22)25-27-21(17-30-25)15-19-10-5-2-6-11-19;;;/h1-13,20-21H,14-17H2;2*1H;/q;;;+2/p-2. The maximum atomic E-state index is 5.85. The third-order valence-corrected chi connectivity index (χ3v) is 5.24. The van der Waals surface area contributed by atoms with Gasteiger partial charge >= 0.3 is 17.1 Å². The molecule has 2 atom stereocenters. The van der Waals surface area contributed by atoms with Crippen molar-refractivity contribution in [3.05, 3.63) is 101 Å². The molecule has 33 heavy (non-hydrogen) atoms. The Morgan fingerprint density at radius 3 is 1.45 bits per heavy atom. The Balaban J connectivity index is 0.00000128. The van der Waals surface area contributed by atoms with Crippen LogP contribution < -0.4 is 24.8 Å². The average Bonchev–Trinajstić information content (AvgIpc) is 3.45. The van der Waals surface area contributed by atoms with E-state index in [1.807, 2.05) is 54.6 Å². The molecule has 0 aliphatic carbocycles. The number of hydrogen-bond donors (Lipinski definition) is 0. The van der Waals surface area contributed by atoms with Gasteiger partial charge in [-0.15, -0.1) is 0 Å². The molecule has 0 radical (unpaired) electrons. The zero-order valence-electron chi connectivity index (χ0n) is 17.8. The van der Waals surface area contributed by atoms with E-state index in [0.29, 0.717) is 25.0 Å². The molecular weight excluding hydrogens is 501 g/mol. The summed E-state index contributed by atoms with van der Waals surface area (Å²) in [5, 5.41) is 0. The van der Waals surface area contributed by atoms with Crippen LogP contribution in [0.4, 0.5) is 0 Å². The monoisotopic (exact) mass is 523 g/mol. The van der Waals surface area contributed by atoms with Crippen molar-refractivity contribution in [2.45, 2.75) is 24.9 Å². The van der Waals surface area contributed by atoms with Crippen molar-refractivity contribution in [3.8, 4) is 0 Å². The predicted molar refractivity (Wildman–Crippen MR) is 117 cm³/mol. The molecule has 2 unspecified atom stereocenters. The van der Waals surface area contributed by atoms with E-state index in [4.69, 9.17) is 24.4 Å². The topological polar surface area (TPSA) is 56.1 Å². The minimum Gasteiger partial charge on any atom is -1.00 e. The second-order valence-corrected chi connectivity index (χ2v) is 7.59. The minimum absolute atomic E-state index is 0. The molecule has 2 aromatic carbocycles. The average molecular weight is 524 g/mol. The molecule has 0 saturated carbocycles. The number of ether oxygens (including phenoxy) is 2. The Morgan fingerprint density at radius 1 is 0.606 bits per heavy atom. The van der Waals surface area contributed by atoms with Gasteiger partial charge in [-0.25, -0.2) is 15.0 Å². The SMILES string of the molecule is [Cl-].[Cl-].[Fe+2].c1ccc(CC2COC(c3cccc(C4=NC(Cc5ccccc5)CO4)n3)=N2)cc1. The fourth-order valence-electron chi connectivity index (χ4n) is 3.77. The van der Waals surface area contributed by atoms with Gasteiger partial charge in [0.25, 0.3) is 0 Å². The van der Waals surface area contributed by atoms with Crippen molar-refractivity contribution in [2.24, 2.45) is 9.98 Å². The van der Waals surface area contributed by atoms with Gasteiger partial charge in [-0.05, 0) is 36.1 Å². The van der Waals surface area contributed by atoms with Crippen LogP contribution in [0.15, 0.2) is 88.8 Å². The van der Waals surface area contributed by atoms with Crippen molar-refractivity contribution in [1.82, 2.24) is 4.98 Å². The first-order chi connectivity index (χ1) is 14.8.